The minimum atomic E-state index is -0.755. The monoisotopic (exact) mass is 272 g/mol. The van der Waals surface area contributed by atoms with Crippen molar-refractivity contribution in [3.05, 3.63) is 23.5 Å². The maximum atomic E-state index is 14.0. The summed E-state index contributed by atoms with van der Waals surface area (Å²) in [4.78, 5) is 0. The smallest absolute Gasteiger partial charge is 0.132 e. The van der Waals surface area contributed by atoms with Crippen LogP contribution < -0.4 is 10.0 Å². The van der Waals surface area contributed by atoms with Crippen LogP contribution in [0.5, 0.6) is 5.75 Å². The molecule has 0 aromatic heterocycles. The number of rotatable bonds is 0. The Balaban J connectivity index is 2.07. The Morgan fingerprint density at radius 1 is 1.47 bits per heavy atom. The van der Waals surface area contributed by atoms with E-state index in [1.165, 1.54) is 6.07 Å². The van der Waals surface area contributed by atoms with Crippen LogP contribution in [0.4, 0.5) is 4.39 Å². The minimum absolute atomic E-state index is 0.178. The third-order valence-electron chi connectivity index (χ3n) is 3.61. The minimum Gasteiger partial charge on any atom is -0.492 e. The molecule has 0 radical (unpaired) electrons. The molecular weight excluding hydrogens is 258 g/mol. The predicted molar refractivity (Wildman–Crippen MR) is 70.0 cm³/mol. The van der Waals surface area contributed by atoms with E-state index >= 15 is 0 Å². The van der Waals surface area contributed by atoms with Gasteiger partial charge in [0.05, 0.1) is 6.61 Å². The predicted octanol–water partition coefficient (Wildman–Crippen LogP) is 1.57. The van der Waals surface area contributed by atoms with Gasteiger partial charge in [0, 0.05) is 39.1 Å². The van der Waals surface area contributed by atoms with E-state index in [0.29, 0.717) is 29.4 Å². The highest BCUT2D eigenvalue weighted by Gasteiger charge is 2.37. The maximum absolute atomic E-state index is 14.0. The van der Waals surface area contributed by atoms with Crippen molar-refractivity contribution in [3.63, 3.8) is 0 Å². The summed E-state index contributed by atoms with van der Waals surface area (Å²) in [5, 5.41) is 0.909. The quantitative estimate of drug-likeness (QED) is 0.670. The molecule has 1 saturated heterocycles. The molecule has 4 unspecified atom stereocenters. The van der Waals surface area contributed by atoms with Gasteiger partial charge >= 0.3 is 0 Å². The summed E-state index contributed by atoms with van der Waals surface area (Å²) < 4.78 is 31.2. The molecule has 2 nitrogen and oxygen atoms in total. The van der Waals surface area contributed by atoms with E-state index in [1.54, 1.807) is 6.07 Å². The Labute approximate surface area is 105 Å². The Morgan fingerprint density at radius 2 is 2.29 bits per heavy atom. The van der Waals surface area contributed by atoms with Gasteiger partial charge in [0.15, 0.2) is 0 Å². The van der Waals surface area contributed by atoms with Crippen LogP contribution in [0.25, 0.3) is 0 Å². The van der Waals surface area contributed by atoms with E-state index in [-0.39, 0.29) is 17.7 Å². The van der Waals surface area contributed by atoms with Gasteiger partial charge in [-0.25, -0.2) is 4.39 Å². The summed E-state index contributed by atoms with van der Waals surface area (Å²) >= 11 is 0. The zero-order chi connectivity index (χ0) is 12.0. The Morgan fingerprint density at radius 3 is 3.12 bits per heavy atom. The van der Waals surface area contributed by atoms with Gasteiger partial charge in [0.25, 0.3) is 0 Å². The normalized spacial score (nSPS) is 31.3. The largest absolute Gasteiger partial charge is 0.492 e. The number of benzene rings is 1. The molecule has 1 aromatic carbocycles. The molecule has 0 spiro atoms. The zero-order valence-corrected chi connectivity index (χ0v) is 11.3. The highest BCUT2D eigenvalue weighted by molar-refractivity contribution is 7.85. The molecule has 17 heavy (non-hydrogen) atoms. The molecular formula is C12H14FO2PS. The first kappa shape index (κ1) is 11.6. The van der Waals surface area contributed by atoms with Crippen molar-refractivity contribution in [1.29, 1.82) is 0 Å². The molecule has 2 aliphatic heterocycles. The lowest BCUT2D eigenvalue weighted by atomic mass is 9.82. The van der Waals surface area contributed by atoms with Crippen molar-refractivity contribution in [2.45, 2.75) is 12.3 Å². The molecule has 2 heterocycles. The number of hydrogen-bond acceptors (Lipinski definition) is 2. The molecule has 92 valence electrons. The highest BCUT2D eigenvalue weighted by Crippen LogP contribution is 2.42. The van der Waals surface area contributed by atoms with Gasteiger partial charge in [0.1, 0.15) is 11.6 Å². The van der Waals surface area contributed by atoms with Crippen LogP contribution >= 0.6 is 9.24 Å². The van der Waals surface area contributed by atoms with Gasteiger partial charge in [-0.05, 0) is 24.5 Å². The maximum Gasteiger partial charge on any atom is 0.132 e. The first-order chi connectivity index (χ1) is 8.16. The lowest BCUT2D eigenvalue weighted by Crippen LogP contribution is -2.37. The molecule has 5 heteroatoms. The second kappa shape index (κ2) is 4.33. The van der Waals surface area contributed by atoms with Crippen LogP contribution in [0.15, 0.2) is 12.1 Å². The fraction of sp³-hybridized carbons (Fsp3) is 0.500. The van der Waals surface area contributed by atoms with Gasteiger partial charge in [0.2, 0.25) is 0 Å². The zero-order valence-electron chi connectivity index (χ0n) is 9.32. The van der Waals surface area contributed by atoms with Crippen LogP contribution in [0.1, 0.15) is 17.9 Å². The van der Waals surface area contributed by atoms with Gasteiger partial charge in [-0.1, -0.05) is 0 Å². The summed E-state index contributed by atoms with van der Waals surface area (Å²) in [6.07, 6.45) is 0.804. The number of hydrogen-bond donors (Lipinski definition) is 0. The molecule has 4 atom stereocenters. The van der Waals surface area contributed by atoms with E-state index in [9.17, 15) is 8.60 Å². The van der Waals surface area contributed by atoms with Crippen molar-refractivity contribution in [2.24, 2.45) is 5.92 Å². The van der Waals surface area contributed by atoms with Crippen molar-refractivity contribution < 1.29 is 13.3 Å². The van der Waals surface area contributed by atoms with E-state index in [1.807, 2.05) is 0 Å². The number of ether oxygens (including phenoxy) is 1. The second-order valence-corrected chi connectivity index (χ2v) is 6.90. The van der Waals surface area contributed by atoms with E-state index < -0.39 is 10.8 Å². The topological polar surface area (TPSA) is 26.3 Å². The molecule has 0 amide bonds. The molecule has 1 fully saturated rings. The summed E-state index contributed by atoms with van der Waals surface area (Å²) in [7, 11) is 1.83. The van der Waals surface area contributed by atoms with E-state index in [0.717, 1.165) is 11.7 Å². The molecule has 2 aliphatic rings. The van der Waals surface area contributed by atoms with Crippen LogP contribution in [-0.4, -0.2) is 22.3 Å². The van der Waals surface area contributed by atoms with Gasteiger partial charge in [-0.2, -0.15) is 0 Å². The average Bonchev–Trinajstić information content (AvgIpc) is 2.32. The third kappa shape index (κ3) is 1.92. The van der Waals surface area contributed by atoms with Gasteiger partial charge in [-0.15, -0.1) is 9.24 Å². The third-order valence-corrected chi connectivity index (χ3v) is 5.56. The average molecular weight is 272 g/mol. The Hall–Kier alpha value is -0.470. The number of fused-ring (bicyclic) bond motifs is 3. The fourth-order valence-corrected chi connectivity index (χ4v) is 4.59. The first-order valence-electron chi connectivity index (χ1n) is 5.72. The SMILES string of the molecule is O=S1CCC2c3c(F)ccc(P)c3OCC2C1. The molecule has 0 saturated carbocycles. The highest BCUT2D eigenvalue weighted by atomic mass is 32.2. The Bertz CT molecular complexity index is 492. The summed E-state index contributed by atoms with van der Waals surface area (Å²) in [5.41, 5.74) is 0.699. The summed E-state index contributed by atoms with van der Waals surface area (Å²) in [6.45, 7) is 0.564. The van der Waals surface area contributed by atoms with E-state index in [4.69, 9.17) is 4.74 Å². The van der Waals surface area contributed by atoms with Crippen LogP contribution in [0.3, 0.4) is 0 Å². The standard InChI is InChI=1S/C12H14FO2PS/c13-9-1-2-10(16)12-11(9)8-3-4-17(14)6-7(8)5-15-12/h1-2,7-8H,3-6,16H2. The molecule has 3 rings (SSSR count). The van der Waals surface area contributed by atoms with Gasteiger partial charge < -0.3 is 4.74 Å². The van der Waals surface area contributed by atoms with Crippen molar-refractivity contribution in [2.75, 3.05) is 18.1 Å². The van der Waals surface area contributed by atoms with Crippen LogP contribution in [0.2, 0.25) is 0 Å². The van der Waals surface area contributed by atoms with Gasteiger partial charge in [-0.3, -0.25) is 4.21 Å². The molecule has 1 aromatic rings. The summed E-state index contributed by atoms with van der Waals surface area (Å²) in [5.74, 6) is 2.21. The molecule has 0 N–H and O–H groups in total. The second-order valence-electron chi connectivity index (χ2n) is 4.66. The van der Waals surface area contributed by atoms with Crippen molar-refractivity contribution >= 4 is 25.3 Å². The van der Waals surface area contributed by atoms with Crippen molar-refractivity contribution in [1.82, 2.24) is 0 Å². The lowest BCUT2D eigenvalue weighted by molar-refractivity contribution is 0.199. The van der Waals surface area contributed by atoms with Crippen LogP contribution in [0, 0.1) is 11.7 Å². The fourth-order valence-electron chi connectivity index (χ4n) is 2.77. The van der Waals surface area contributed by atoms with E-state index in [2.05, 4.69) is 9.24 Å². The molecule has 0 aliphatic carbocycles. The molecule has 0 bridgehead atoms. The first-order valence-corrected chi connectivity index (χ1v) is 7.79. The Kier molecular flexibility index (Phi) is 2.95. The van der Waals surface area contributed by atoms with Crippen molar-refractivity contribution in [3.8, 4) is 5.75 Å². The number of halogens is 1. The van der Waals surface area contributed by atoms with Crippen LogP contribution in [-0.2, 0) is 10.8 Å². The summed E-state index contributed by atoms with van der Waals surface area (Å²) in [6, 6.07) is 3.22. The lowest BCUT2D eigenvalue weighted by Gasteiger charge is -2.37.